The van der Waals surface area contributed by atoms with Crippen LogP contribution in [0.4, 0.5) is 24.8 Å². The number of nitrogens with zero attached hydrogens (tertiary/aromatic N) is 6. The molecule has 1 aliphatic carbocycles. The second kappa shape index (κ2) is 12.7. The molecule has 0 bridgehead atoms. The van der Waals surface area contributed by atoms with Crippen LogP contribution < -0.4 is 10.6 Å². The molecule has 242 valence electrons. The lowest BCUT2D eigenvalue weighted by atomic mass is 9.68. The average Bonchev–Trinajstić information content (AvgIpc) is 3.43. The van der Waals surface area contributed by atoms with Gasteiger partial charge in [-0.3, -0.25) is 9.59 Å². The van der Waals surface area contributed by atoms with Crippen LogP contribution in [-0.4, -0.2) is 74.8 Å². The molecule has 1 atom stereocenters. The molecule has 11 nitrogen and oxygen atoms in total. The molecule has 1 aliphatic heterocycles. The Hall–Kier alpha value is -4.59. The van der Waals surface area contributed by atoms with Crippen LogP contribution in [0.3, 0.4) is 0 Å². The van der Waals surface area contributed by atoms with Gasteiger partial charge in [-0.15, -0.1) is 0 Å². The summed E-state index contributed by atoms with van der Waals surface area (Å²) >= 11 is 0. The summed E-state index contributed by atoms with van der Waals surface area (Å²) in [5.74, 6) is -0.0516. The largest absolute Gasteiger partial charge is 0.416 e. The van der Waals surface area contributed by atoms with E-state index in [9.17, 15) is 22.8 Å². The molecule has 1 saturated carbocycles. The molecule has 4 heterocycles. The number of rotatable bonds is 9. The molecule has 2 amide bonds. The number of nitrogens with one attached hydrogen (secondary N) is 2. The summed E-state index contributed by atoms with van der Waals surface area (Å²) < 4.78 is 46.6. The van der Waals surface area contributed by atoms with E-state index in [1.807, 2.05) is 16.5 Å². The quantitative estimate of drug-likeness (QED) is 0.244. The standard InChI is InChI=1S/C32H35F3N8O3/c1-3-36-27-25-26(20-7-9-21(10-8-20)29(44)40-24-16-22(11-14-37-24)32(33,34)35)41-43(28(25)39-19-38-27)23-6-4-15-42(17-23)30(45)31(18-46-2)12-5-13-31/h7-11,14,16,19,23H,3-6,12-13,15,17-18H2,1-2H3,(H,36,38,39)(H,37,40,44). The predicted octanol–water partition coefficient (Wildman–Crippen LogP) is 5.57. The third-order valence-electron chi connectivity index (χ3n) is 8.80. The van der Waals surface area contributed by atoms with Crippen molar-refractivity contribution in [2.75, 3.05) is 44.0 Å². The van der Waals surface area contributed by atoms with Gasteiger partial charge in [0.25, 0.3) is 5.91 Å². The molecule has 3 aromatic heterocycles. The summed E-state index contributed by atoms with van der Waals surface area (Å²) in [6, 6.07) is 8.13. The fourth-order valence-electron chi connectivity index (χ4n) is 6.35. The summed E-state index contributed by atoms with van der Waals surface area (Å²) in [7, 11) is 1.64. The second-order valence-electron chi connectivity index (χ2n) is 11.8. The van der Waals surface area contributed by atoms with E-state index in [0.29, 0.717) is 54.3 Å². The van der Waals surface area contributed by atoms with Crippen molar-refractivity contribution in [2.24, 2.45) is 5.41 Å². The van der Waals surface area contributed by atoms with E-state index in [2.05, 4.69) is 25.6 Å². The summed E-state index contributed by atoms with van der Waals surface area (Å²) in [5.41, 5.74) is 0.821. The minimum atomic E-state index is -4.56. The van der Waals surface area contributed by atoms with Crippen molar-refractivity contribution in [3.05, 3.63) is 60.0 Å². The van der Waals surface area contributed by atoms with Crippen molar-refractivity contribution in [3.63, 3.8) is 0 Å². The van der Waals surface area contributed by atoms with Gasteiger partial charge in [0.2, 0.25) is 5.91 Å². The highest BCUT2D eigenvalue weighted by atomic mass is 19.4. The first-order chi connectivity index (χ1) is 22.1. The van der Waals surface area contributed by atoms with Crippen LogP contribution in [0.1, 0.15) is 61.0 Å². The van der Waals surface area contributed by atoms with Gasteiger partial charge in [-0.1, -0.05) is 18.6 Å². The van der Waals surface area contributed by atoms with E-state index in [1.54, 1.807) is 31.4 Å². The van der Waals surface area contributed by atoms with Crippen molar-refractivity contribution in [1.29, 1.82) is 0 Å². The zero-order chi connectivity index (χ0) is 32.5. The van der Waals surface area contributed by atoms with Gasteiger partial charge < -0.3 is 20.3 Å². The molecular formula is C32H35F3N8O3. The number of benzene rings is 1. The number of alkyl halides is 3. The van der Waals surface area contributed by atoms with Gasteiger partial charge in [0.05, 0.1) is 29.0 Å². The average molecular weight is 637 g/mol. The molecular weight excluding hydrogens is 601 g/mol. The van der Waals surface area contributed by atoms with Gasteiger partial charge in [-0.05, 0) is 56.9 Å². The Balaban J connectivity index is 1.29. The Kier molecular flexibility index (Phi) is 8.64. The third kappa shape index (κ3) is 6.00. The minimum absolute atomic E-state index is 0.108. The Bertz CT molecular complexity index is 1740. The number of carbonyl (C=O) groups is 2. The fraction of sp³-hybridized carbons (Fsp3) is 0.438. The zero-order valence-electron chi connectivity index (χ0n) is 25.6. The van der Waals surface area contributed by atoms with Gasteiger partial charge in [0.1, 0.15) is 23.7 Å². The van der Waals surface area contributed by atoms with Crippen LogP contribution in [0, 0.1) is 5.41 Å². The van der Waals surface area contributed by atoms with E-state index in [0.717, 1.165) is 50.4 Å². The summed E-state index contributed by atoms with van der Waals surface area (Å²) in [6.45, 7) is 4.19. The Labute approximate surface area is 263 Å². The lowest BCUT2D eigenvalue weighted by Gasteiger charge is -2.45. The van der Waals surface area contributed by atoms with Gasteiger partial charge in [-0.25, -0.2) is 19.6 Å². The van der Waals surface area contributed by atoms with Crippen molar-refractivity contribution < 1.29 is 27.5 Å². The minimum Gasteiger partial charge on any atom is -0.384 e. The molecule has 1 unspecified atom stereocenters. The normalized spacial score (nSPS) is 17.8. The first-order valence-electron chi connectivity index (χ1n) is 15.3. The van der Waals surface area contributed by atoms with Crippen LogP contribution in [0.5, 0.6) is 0 Å². The lowest BCUT2D eigenvalue weighted by molar-refractivity contribution is -0.154. The van der Waals surface area contributed by atoms with Crippen LogP contribution in [-0.2, 0) is 15.7 Å². The molecule has 1 saturated heterocycles. The van der Waals surface area contributed by atoms with E-state index in [1.165, 1.54) is 6.33 Å². The Morgan fingerprint density at radius 2 is 1.87 bits per heavy atom. The number of halogens is 3. The molecule has 4 aromatic rings. The van der Waals surface area contributed by atoms with Crippen LogP contribution in [0.15, 0.2) is 48.9 Å². The van der Waals surface area contributed by atoms with Crippen molar-refractivity contribution >= 4 is 34.5 Å². The number of aromatic nitrogens is 5. The van der Waals surface area contributed by atoms with Crippen molar-refractivity contribution in [3.8, 4) is 11.3 Å². The highest BCUT2D eigenvalue weighted by Gasteiger charge is 2.47. The topological polar surface area (TPSA) is 127 Å². The number of fused-ring (bicyclic) bond motifs is 1. The van der Waals surface area contributed by atoms with Gasteiger partial charge in [0.15, 0.2) is 5.65 Å². The van der Waals surface area contributed by atoms with Crippen LogP contribution in [0.25, 0.3) is 22.3 Å². The van der Waals surface area contributed by atoms with Crippen molar-refractivity contribution in [2.45, 2.75) is 51.2 Å². The maximum absolute atomic E-state index is 13.7. The molecule has 6 rings (SSSR count). The summed E-state index contributed by atoms with van der Waals surface area (Å²) in [4.78, 5) is 41.4. The fourth-order valence-corrected chi connectivity index (χ4v) is 6.35. The Morgan fingerprint density at radius 1 is 1.09 bits per heavy atom. The molecule has 46 heavy (non-hydrogen) atoms. The van der Waals surface area contributed by atoms with Crippen LogP contribution in [0.2, 0.25) is 0 Å². The molecule has 2 aliphatic rings. The monoisotopic (exact) mass is 636 g/mol. The first-order valence-corrected chi connectivity index (χ1v) is 15.3. The number of amides is 2. The number of hydrogen-bond donors (Lipinski definition) is 2. The number of carbonyl (C=O) groups excluding carboxylic acids is 2. The Morgan fingerprint density at radius 3 is 2.54 bits per heavy atom. The number of anilines is 2. The molecule has 2 N–H and O–H groups in total. The van der Waals surface area contributed by atoms with Gasteiger partial charge in [0, 0.05) is 44.1 Å². The smallest absolute Gasteiger partial charge is 0.384 e. The van der Waals surface area contributed by atoms with E-state index >= 15 is 0 Å². The highest BCUT2D eigenvalue weighted by Crippen LogP contribution is 2.44. The number of piperidine rings is 1. The first kappa shape index (κ1) is 31.4. The van der Waals surface area contributed by atoms with Crippen molar-refractivity contribution in [1.82, 2.24) is 29.6 Å². The second-order valence-corrected chi connectivity index (χ2v) is 11.8. The summed E-state index contributed by atoms with van der Waals surface area (Å²) in [5, 5.41) is 11.5. The predicted molar refractivity (Wildman–Crippen MR) is 165 cm³/mol. The molecule has 2 fully saturated rings. The number of hydrogen-bond acceptors (Lipinski definition) is 8. The van der Waals surface area contributed by atoms with E-state index < -0.39 is 23.1 Å². The number of pyridine rings is 1. The number of methoxy groups -OCH3 is 1. The maximum Gasteiger partial charge on any atom is 0.416 e. The van der Waals surface area contributed by atoms with E-state index in [4.69, 9.17) is 9.84 Å². The lowest BCUT2D eigenvalue weighted by Crippen LogP contribution is -2.53. The van der Waals surface area contributed by atoms with Crippen LogP contribution >= 0.6 is 0 Å². The van der Waals surface area contributed by atoms with Gasteiger partial charge >= 0.3 is 6.18 Å². The highest BCUT2D eigenvalue weighted by molar-refractivity contribution is 6.04. The maximum atomic E-state index is 13.7. The molecule has 0 spiro atoms. The van der Waals surface area contributed by atoms with E-state index in [-0.39, 0.29) is 23.3 Å². The zero-order valence-corrected chi connectivity index (χ0v) is 25.6. The number of likely N-dealkylation sites (tertiary alicyclic amines) is 1. The SMILES string of the molecule is CCNc1ncnc2c1c(-c1ccc(C(=O)Nc3cc(C(F)(F)F)ccn3)cc1)nn2C1CCCN(C(=O)C2(COC)CCC2)C1. The van der Waals surface area contributed by atoms with Gasteiger partial charge in [-0.2, -0.15) is 18.3 Å². The number of ether oxygens (including phenoxy) is 1. The molecule has 0 radical (unpaired) electrons. The summed E-state index contributed by atoms with van der Waals surface area (Å²) in [6.07, 6.45) is 2.27. The molecule has 14 heteroatoms. The third-order valence-corrected chi connectivity index (χ3v) is 8.80. The molecule has 1 aromatic carbocycles.